The Balaban J connectivity index is 1.85. The average Bonchev–Trinajstić information content (AvgIpc) is 2.39. The molecular formula is C14H28N2O. The van der Waals surface area contributed by atoms with E-state index in [-0.39, 0.29) is 6.10 Å². The average molecular weight is 240 g/mol. The van der Waals surface area contributed by atoms with Gasteiger partial charge >= 0.3 is 0 Å². The van der Waals surface area contributed by atoms with Gasteiger partial charge in [-0.25, -0.2) is 0 Å². The highest BCUT2D eigenvalue weighted by molar-refractivity contribution is 4.87. The Morgan fingerprint density at radius 2 is 1.76 bits per heavy atom. The van der Waals surface area contributed by atoms with Gasteiger partial charge in [0, 0.05) is 12.1 Å². The molecule has 2 unspecified atom stereocenters. The van der Waals surface area contributed by atoms with Gasteiger partial charge in [0.05, 0.1) is 6.10 Å². The highest BCUT2D eigenvalue weighted by atomic mass is 16.3. The van der Waals surface area contributed by atoms with Gasteiger partial charge in [-0.1, -0.05) is 19.8 Å². The number of aliphatic hydroxyl groups excluding tert-OH is 1. The maximum Gasteiger partial charge on any atom is 0.0695 e. The third-order valence-corrected chi connectivity index (χ3v) is 4.80. The van der Waals surface area contributed by atoms with Gasteiger partial charge in [-0.3, -0.25) is 4.90 Å². The first kappa shape index (κ1) is 13.3. The van der Waals surface area contributed by atoms with E-state index < -0.39 is 0 Å². The van der Waals surface area contributed by atoms with Crippen molar-refractivity contribution < 1.29 is 5.11 Å². The van der Waals surface area contributed by atoms with Crippen molar-refractivity contribution in [3.63, 3.8) is 0 Å². The zero-order valence-electron chi connectivity index (χ0n) is 11.4. The first-order valence-electron chi connectivity index (χ1n) is 7.34. The molecule has 1 heterocycles. The summed E-state index contributed by atoms with van der Waals surface area (Å²) in [6.45, 7) is 5.89. The van der Waals surface area contributed by atoms with Crippen molar-refractivity contribution in [1.82, 2.24) is 9.80 Å². The molecule has 0 aromatic rings. The summed E-state index contributed by atoms with van der Waals surface area (Å²) in [7, 11) is 2.23. The Morgan fingerprint density at radius 1 is 1.12 bits per heavy atom. The summed E-state index contributed by atoms with van der Waals surface area (Å²) in [5, 5.41) is 10.1. The Labute approximate surface area is 106 Å². The Morgan fingerprint density at radius 3 is 2.35 bits per heavy atom. The number of nitrogens with zero attached hydrogens (tertiary/aromatic N) is 2. The van der Waals surface area contributed by atoms with E-state index in [1.165, 1.54) is 51.7 Å². The van der Waals surface area contributed by atoms with E-state index in [1.54, 1.807) is 0 Å². The molecule has 3 nitrogen and oxygen atoms in total. The fraction of sp³-hybridized carbons (Fsp3) is 1.00. The van der Waals surface area contributed by atoms with Crippen LogP contribution >= 0.6 is 0 Å². The van der Waals surface area contributed by atoms with E-state index in [2.05, 4.69) is 23.8 Å². The fourth-order valence-electron chi connectivity index (χ4n) is 3.48. The SMILES string of the molecule is CCN1CCC(N(C)C2CCCCC2O)CC1. The van der Waals surface area contributed by atoms with Crippen LogP contribution in [0.1, 0.15) is 45.4 Å². The third kappa shape index (κ3) is 3.21. The minimum Gasteiger partial charge on any atom is -0.391 e. The van der Waals surface area contributed by atoms with E-state index in [1.807, 2.05) is 0 Å². The molecule has 0 aromatic heterocycles. The smallest absolute Gasteiger partial charge is 0.0695 e. The molecule has 2 rings (SSSR count). The van der Waals surface area contributed by atoms with Crippen molar-refractivity contribution in [2.45, 2.75) is 63.6 Å². The number of aliphatic hydroxyl groups is 1. The highest BCUT2D eigenvalue weighted by Crippen LogP contribution is 2.26. The summed E-state index contributed by atoms with van der Waals surface area (Å²) < 4.78 is 0. The molecule has 0 amide bonds. The highest BCUT2D eigenvalue weighted by Gasteiger charge is 2.31. The second-order valence-electron chi connectivity index (χ2n) is 5.75. The molecule has 2 fully saturated rings. The summed E-state index contributed by atoms with van der Waals surface area (Å²) in [5.41, 5.74) is 0. The Kier molecular flexibility index (Phi) is 4.83. The molecule has 2 aliphatic rings. The predicted molar refractivity (Wildman–Crippen MR) is 71.2 cm³/mol. The van der Waals surface area contributed by atoms with Gasteiger partial charge in [0.15, 0.2) is 0 Å². The predicted octanol–water partition coefficient (Wildman–Crippen LogP) is 1.71. The summed E-state index contributed by atoms with van der Waals surface area (Å²) in [4.78, 5) is 5.01. The summed E-state index contributed by atoms with van der Waals surface area (Å²) >= 11 is 0. The van der Waals surface area contributed by atoms with Crippen LogP contribution in [0.2, 0.25) is 0 Å². The minimum absolute atomic E-state index is 0.0852. The van der Waals surface area contributed by atoms with Gasteiger partial charge in [-0.05, 0) is 52.4 Å². The van der Waals surface area contributed by atoms with Crippen LogP contribution in [0.25, 0.3) is 0 Å². The van der Waals surface area contributed by atoms with E-state index in [9.17, 15) is 5.11 Å². The first-order chi connectivity index (χ1) is 8.22. The van der Waals surface area contributed by atoms with Gasteiger partial charge in [0.1, 0.15) is 0 Å². The van der Waals surface area contributed by atoms with E-state index in [4.69, 9.17) is 0 Å². The standard InChI is InChI=1S/C14H28N2O/c1-3-16-10-8-12(9-11-16)15(2)13-6-4-5-7-14(13)17/h12-14,17H,3-11H2,1-2H3. The lowest BCUT2D eigenvalue weighted by Gasteiger charge is -2.43. The second-order valence-corrected chi connectivity index (χ2v) is 5.75. The molecule has 1 saturated heterocycles. The van der Waals surface area contributed by atoms with E-state index in [0.717, 1.165) is 6.42 Å². The molecule has 1 aliphatic heterocycles. The molecule has 1 aliphatic carbocycles. The zero-order chi connectivity index (χ0) is 12.3. The molecule has 0 radical (unpaired) electrons. The summed E-state index contributed by atoms with van der Waals surface area (Å²) in [6.07, 6.45) is 7.15. The van der Waals surface area contributed by atoms with Crippen molar-refractivity contribution in [3.8, 4) is 0 Å². The molecule has 2 atom stereocenters. The van der Waals surface area contributed by atoms with Crippen LogP contribution in [-0.4, -0.2) is 59.8 Å². The molecule has 0 spiro atoms. The first-order valence-corrected chi connectivity index (χ1v) is 7.34. The topological polar surface area (TPSA) is 26.7 Å². The largest absolute Gasteiger partial charge is 0.391 e. The van der Waals surface area contributed by atoms with E-state index in [0.29, 0.717) is 12.1 Å². The molecule has 3 heteroatoms. The van der Waals surface area contributed by atoms with Crippen molar-refractivity contribution in [3.05, 3.63) is 0 Å². The van der Waals surface area contributed by atoms with Gasteiger partial charge in [-0.2, -0.15) is 0 Å². The molecule has 100 valence electrons. The third-order valence-electron chi connectivity index (χ3n) is 4.80. The quantitative estimate of drug-likeness (QED) is 0.813. The number of hydrogen-bond acceptors (Lipinski definition) is 3. The van der Waals surface area contributed by atoms with Crippen LogP contribution in [-0.2, 0) is 0 Å². The van der Waals surface area contributed by atoms with Crippen molar-refractivity contribution in [2.24, 2.45) is 0 Å². The van der Waals surface area contributed by atoms with Gasteiger partial charge in [-0.15, -0.1) is 0 Å². The minimum atomic E-state index is -0.0852. The monoisotopic (exact) mass is 240 g/mol. The van der Waals surface area contributed by atoms with Crippen LogP contribution in [0.3, 0.4) is 0 Å². The van der Waals surface area contributed by atoms with Crippen molar-refractivity contribution in [1.29, 1.82) is 0 Å². The van der Waals surface area contributed by atoms with Gasteiger partial charge < -0.3 is 10.0 Å². The fourth-order valence-corrected chi connectivity index (χ4v) is 3.48. The molecule has 17 heavy (non-hydrogen) atoms. The lowest BCUT2D eigenvalue weighted by atomic mass is 9.89. The van der Waals surface area contributed by atoms with Crippen LogP contribution in [0.4, 0.5) is 0 Å². The number of likely N-dealkylation sites (tertiary alicyclic amines) is 1. The molecule has 1 N–H and O–H groups in total. The number of likely N-dealkylation sites (N-methyl/N-ethyl adjacent to an activating group) is 1. The summed E-state index contributed by atoms with van der Waals surface area (Å²) in [5.74, 6) is 0. The molecular weight excluding hydrogens is 212 g/mol. The van der Waals surface area contributed by atoms with Gasteiger partial charge in [0.25, 0.3) is 0 Å². The lowest BCUT2D eigenvalue weighted by molar-refractivity contribution is -0.00165. The maximum absolute atomic E-state index is 10.1. The Hall–Kier alpha value is -0.120. The molecule has 0 bridgehead atoms. The number of hydrogen-bond donors (Lipinski definition) is 1. The van der Waals surface area contributed by atoms with Crippen molar-refractivity contribution >= 4 is 0 Å². The van der Waals surface area contributed by atoms with Crippen LogP contribution in [0.5, 0.6) is 0 Å². The molecule has 0 aromatic carbocycles. The maximum atomic E-state index is 10.1. The molecule has 1 saturated carbocycles. The van der Waals surface area contributed by atoms with Crippen molar-refractivity contribution in [2.75, 3.05) is 26.7 Å². The lowest BCUT2D eigenvalue weighted by Crippen LogP contribution is -2.51. The van der Waals surface area contributed by atoms with E-state index >= 15 is 0 Å². The number of piperidine rings is 1. The summed E-state index contributed by atoms with van der Waals surface area (Å²) in [6, 6.07) is 1.11. The normalized spacial score (nSPS) is 33.2. The second kappa shape index (κ2) is 6.17. The van der Waals surface area contributed by atoms with Crippen LogP contribution in [0.15, 0.2) is 0 Å². The van der Waals surface area contributed by atoms with Crippen LogP contribution in [0, 0.1) is 0 Å². The zero-order valence-corrected chi connectivity index (χ0v) is 11.4. The number of rotatable bonds is 3. The van der Waals surface area contributed by atoms with Gasteiger partial charge in [0.2, 0.25) is 0 Å². The Bertz CT molecular complexity index is 226. The van der Waals surface area contributed by atoms with Crippen LogP contribution < -0.4 is 0 Å².